The second kappa shape index (κ2) is 9.62. The predicted molar refractivity (Wildman–Crippen MR) is 150 cm³/mol. The number of carbonyl (C=O) groups is 1. The van der Waals surface area contributed by atoms with Crippen LogP contribution in [0.5, 0.6) is 0 Å². The number of nitrogens with one attached hydrogen (secondary N) is 2. The number of rotatable bonds is 1. The van der Waals surface area contributed by atoms with Gasteiger partial charge in [-0.2, -0.15) is 13.5 Å². The first-order chi connectivity index (χ1) is 18.2. The van der Waals surface area contributed by atoms with E-state index in [0.717, 1.165) is 30.7 Å². The third-order valence-electron chi connectivity index (χ3n) is 7.73. The summed E-state index contributed by atoms with van der Waals surface area (Å²) in [5.41, 5.74) is 1.53. The third-order valence-corrected chi connectivity index (χ3v) is 8.96. The van der Waals surface area contributed by atoms with Crippen LogP contribution in [0.4, 0.5) is 11.6 Å². The molecule has 4 bridgehead atoms. The van der Waals surface area contributed by atoms with Gasteiger partial charge in [-0.25, -0.2) is 14.7 Å². The van der Waals surface area contributed by atoms with Crippen molar-refractivity contribution in [1.82, 2.24) is 24.5 Å². The lowest BCUT2D eigenvalue weighted by Crippen LogP contribution is -2.41. The predicted octanol–water partition coefficient (Wildman–Crippen LogP) is 4.18. The molecular weight excluding hydrogens is 514 g/mol. The van der Waals surface area contributed by atoms with Crippen LogP contribution >= 0.6 is 0 Å². The van der Waals surface area contributed by atoms with Crippen LogP contribution in [-0.4, -0.2) is 46.2 Å². The molecule has 0 radical (unpaired) electrons. The highest BCUT2D eigenvalue weighted by molar-refractivity contribution is 7.90. The molecule has 208 valence electrons. The van der Waals surface area contributed by atoms with Gasteiger partial charge in [0.1, 0.15) is 11.6 Å². The van der Waals surface area contributed by atoms with Gasteiger partial charge in [0.05, 0.1) is 17.3 Å². The first-order valence-corrected chi connectivity index (χ1v) is 14.8. The number of carbonyl (C=O) groups excluding carboxylic acids is 1. The first-order valence-electron chi connectivity index (χ1n) is 13.3. The molecule has 0 spiro atoms. The van der Waals surface area contributed by atoms with Crippen LogP contribution in [0.3, 0.4) is 0 Å². The van der Waals surface area contributed by atoms with Gasteiger partial charge in [0.25, 0.3) is 15.9 Å². The molecule has 2 aliphatic rings. The molecule has 10 nitrogen and oxygen atoms in total. The van der Waals surface area contributed by atoms with E-state index in [1.165, 1.54) is 6.07 Å². The van der Waals surface area contributed by atoms with Crippen molar-refractivity contribution < 1.29 is 13.2 Å². The summed E-state index contributed by atoms with van der Waals surface area (Å²) in [5.74, 6) is 0.555. The van der Waals surface area contributed by atoms with Crippen LogP contribution in [0.25, 0.3) is 0 Å². The smallest absolute Gasteiger partial charge is 0.281 e. The van der Waals surface area contributed by atoms with E-state index in [1.54, 1.807) is 30.5 Å². The molecule has 0 saturated carbocycles. The average molecular weight is 552 g/mol. The van der Waals surface area contributed by atoms with Gasteiger partial charge < -0.3 is 10.2 Å². The Morgan fingerprint density at radius 1 is 1.05 bits per heavy atom. The summed E-state index contributed by atoms with van der Waals surface area (Å²) in [7, 11) is -2.35. The van der Waals surface area contributed by atoms with Gasteiger partial charge in [-0.3, -0.25) is 9.48 Å². The number of amides is 1. The fraction of sp³-hybridized carbons (Fsp3) is 0.500. The highest BCUT2D eigenvalue weighted by atomic mass is 32.2. The molecule has 1 saturated heterocycles. The van der Waals surface area contributed by atoms with Crippen LogP contribution in [-0.2, 0) is 22.5 Å². The Hall–Kier alpha value is -3.47. The van der Waals surface area contributed by atoms with E-state index in [-0.39, 0.29) is 27.6 Å². The van der Waals surface area contributed by atoms with Crippen molar-refractivity contribution >= 4 is 27.6 Å². The normalized spacial score (nSPS) is 22.7. The van der Waals surface area contributed by atoms with E-state index in [9.17, 15) is 13.2 Å². The second-order valence-corrected chi connectivity index (χ2v) is 13.9. The molecule has 1 amide bonds. The molecule has 0 aliphatic carbocycles. The lowest BCUT2D eigenvalue weighted by Gasteiger charge is -2.34. The maximum atomic E-state index is 13.5. The molecule has 2 aliphatic heterocycles. The van der Waals surface area contributed by atoms with E-state index >= 15 is 0 Å². The minimum absolute atomic E-state index is 0.127. The van der Waals surface area contributed by atoms with Gasteiger partial charge in [-0.1, -0.05) is 26.8 Å². The zero-order valence-electron chi connectivity index (χ0n) is 23.4. The zero-order chi connectivity index (χ0) is 28.2. The quantitative estimate of drug-likeness (QED) is 0.462. The Morgan fingerprint density at radius 2 is 1.82 bits per heavy atom. The molecule has 11 heteroatoms. The van der Waals surface area contributed by atoms with Crippen LogP contribution in [0, 0.1) is 5.92 Å². The van der Waals surface area contributed by atoms with Crippen LogP contribution < -0.4 is 14.9 Å². The largest absolute Gasteiger partial charge is 0.362 e. The highest BCUT2D eigenvalue weighted by Gasteiger charge is 2.41. The number of nitrogens with zero attached hydrogens (tertiary/aromatic N) is 5. The number of pyridine rings is 2. The summed E-state index contributed by atoms with van der Waals surface area (Å²) in [6, 6.07) is 10.1. The van der Waals surface area contributed by atoms with Gasteiger partial charge in [-0.15, -0.1) is 0 Å². The lowest BCUT2D eigenvalue weighted by atomic mass is 9.90. The van der Waals surface area contributed by atoms with Gasteiger partial charge in [-0.05, 0) is 69.4 Å². The number of sulfonamides is 1. The Bertz CT molecular complexity index is 1510. The van der Waals surface area contributed by atoms with Gasteiger partial charge >= 0.3 is 0 Å². The fourth-order valence-electron chi connectivity index (χ4n) is 5.68. The number of fused-ring (bicyclic) bond motifs is 6. The molecule has 2 N–H and O–H groups in total. The van der Waals surface area contributed by atoms with Crippen molar-refractivity contribution in [2.24, 2.45) is 13.0 Å². The summed E-state index contributed by atoms with van der Waals surface area (Å²) in [6.45, 7) is 11.2. The number of aromatic nitrogens is 4. The van der Waals surface area contributed by atoms with Gasteiger partial charge in [0.2, 0.25) is 0 Å². The zero-order valence-corrected chi connectivity index (χ0v) is 24.2. The van der Waals surface area contributed by atoms with Gasteiger partial charge in [0.15, 0.2) is 5.03 Å². The molecule has 2 atom stereocenters. The maximum Gasteiger partial charge on any atom is 0.281 e. The molecule has 5 heterocycles. The van der Waals surface area contributed by atoms with E-state index in [4.69, 9.17) is 4.98 Å². The van der Waals surface area contributed by atoms with E-state index in [0.29, 0.717) is 24.1 Å². The third kappa shape index (κ3) is 5.36. The van der Waals surface area contributed by atoms with Crippen LogP contribution in [0.1, 0.15) is 81.7 Å². The SMILES string of the molecule is Cn1nccc1[C@@H]1CC[C@@H]2CN(c3nc(C(C)(C)C)ccc3C(=O)NS(=O)(=O)c3cccc(n3)N1)C(C)(C)C2. The summed E-state index contributed by atoms with van der Waals surface area (Å²) in [5, 5.41) is 7.54. The molecule has 1 fully saturated rings. The molecule has 0 aromatic carbocycles. The standard InChI is InChI=1S/C28H37N7O3S/c1-27(2,3)22-13-11-19-25(31-22)35-17-18(16-28(35,4)5)10-12-20(21-14-15-29-34(21)6)30-23-8-7-9-24(32-23)39(37,38)33-26(19)36/h7-9,11,13-15,18,20H,10,12,16-17H2,1-6H3,(H,30,32)(H,33,36)/t18-,20-/m0/s1. The summed E-state index contributed by atoms with van der Waals surface area (Å²) < 4.78 is 30.7. The number of hydrogen-bond donors (Lipinski definition) is 2. The van der Waals surface area contributed by atoms with Crippen molar-refractivity contribution in [3.05, 3.63) is 59.5 Å². The van der Waals surface area contributed by atoms with Crippen molar-refractivity contribution in [3.8, 4) is 0 Å². The molecule has 0 unspecified atom stereocenters. The fourth-order valence-corrected chi connectivity index (χ4v) is 6.61. The molecule has 3 aromatic rings. The van der Waals surface area contributed by atoms with Crippen LogP contribution in [0.2, 0.25) is 0 Å². The number of hydrogen-bond acceptors (Lipinski definition) is 8. The molecule has 5 rings (SSSR count). The van der Waals surface area contributed by atoms with Gasteiger partial charge in [0, 0.05) is 36.4 Å². The Balaban J connectivity index is 1.64. The maximum absolute atomic E-state index is 13.5. The van der Waals surface area contributed by atoms with E-state index < -0.39 is 15.9 Å². The lowest BCUT2D eigenvalue weighted by molar-refractivity contribution is 0.0981. The molecule has 39 heavy (non-hydrogen) atoms. The topological polar surface area (TPSA) is 122 Å². The Kier molecular flexibility index (Phi) is 6.69. The Morgan fingerprint density at radius 3 is 2.51 bits per heavy atom. The minimum Gasteiger partial charge on any atom is -0.362 e. The van der Waals surface area contributed by atoms with Crippen LogP contribution in [0.15, 0.2) is 47.6 Å². The average Bonchev–Trinajstić information content (AvgIpc) is 3.41. The van der Waals surface area contributed by atoms with E-state index in [1.807, 2.05) is 17.8 Å². The monoisotopic (exact) mass is 551 g/mol. The van der Waals surface area contributed by atoms with Crippen molar-refractivity contribution in [3.63, 3.8) is 0 Å². The summed E-state index contributed by atoms with van der Waals surface area (Å²) >= 11 is 0. The molecular formula is C28H37N7O3S. The van der Waals surface area contributed by atoms with E-state index in [2.05, 4.69) is 59.6 Å². The second-order valence-electron chi connectivity index (χ2n) is 12.3. The Labute approximate surface area is 230 Å². The molecule has 3 aromatic heterocycles. The summed E-state index contributed by atoms with van der Waals surface area (Å²) in [4.78, 5) is 25.0. The number of anilines is 2. The highest BCUT2D eigenvalue weighted by Crippen LogP contribution is 2.41. The van der Waals surface area contributed by atoms with Crippen molar-refractivity contribution in [1.29, 1.82) is 0 Å². The minimum atomic E-state index is -4.25. The summed E-state index contributed by atoms with van der Waals surface area (Å²) in [6.07, 6.45) is 4.39. The van der Waals surface area contributed by atoms with Crippen molar-refractivity contribution in [2.75, 3.05) is 16.8 Å². The van der Waals surface area contributed by atoms with Crippen molar-refractivity contribution in [2.45, 2.75) is 75.9 Å². The first kappa shape index (κ1) is 27.1. The number of aryl methyl sites for hydroxylation is 1.